The van der Waals surface area contributed by atoms with Gasteiger partial charge >= 0.3 is 0 Å². The van der Waals surface area contributed by atoms with E-state index in [2.05, 4.69) is 5.32 Å². The van der Waals surface area contributed by atoms with Crippen molar-refractivity contribution in [1.82, 2.24) is 5.32 Å². The van der Waals surface area contributed by atoms with Crippen molar-refractivity contribution in [3.05, 3.63) is 12.2 Å². The van der Waals surface area contributed by atoms with Gasteiger partial charge in [-0.25, -0.2) is 0 Å². The summed E-state index contributed by atoms with van der Waals surface area (Å²) in [5.41, 5.74) is 0. The maximum atomic E-state index is 10.4. The number of allylic oxidation sites excluding steroid dienone is 1. The number of carbonyl (C=O) groups excluding carboxylic acids is 2. The predicted molar refractivity (Wildman–Crippen MR) is 34.0 cm³/mol. The minimum atomic E-state index is -0.272. The highest BCUT2D eigenvalue weighted by molar-refractivity contribution is 6.61. The molecule has 9 heavy (non-hydrogen) atoms. The largest absolute Gasteiger partial charge is 0.356 e. The third-order valence-electron chi connectivity index (χ3n) is 0.645. The van der Waals surface area contributed by atoms with Crippen LogP contribution in [0.4, 0.5) is 0 Å². The molecule has 4 heteroatoms. The fraction of sp³-hybridized carbons (Fsp3) is 0.200. The van der Waals surface area contributed by atoms with E-state index >= 15 is 0 Å². The second-order valence-electron chi connectivity index (χ2n) is 1.35. The molecule has 0 aromatic carbocycles. The Morgan fingerprint density at radius 2 is 2.00 bits per heavy atom. The van der Waals surface area contributed by atoms with Gasteiger partial charge in [0.1, 0.15) is 0 Å². The minimum Gasteiger partial charge on any atom is -0.356 e. The van der Waals surface area contributed by atoms with Gasteiger partial charge in [-0.2, -0.15) is 0 Å². The van der Waals surface area contributed by atoms with Crippen LogP contribution in [-0.2, 0) is 9.59 Å². The summed E-state index contributed by atoms with van der Waals surface area (Å²) in [7, 11) is 1.50. The number of carbonyl (C=O) groups is 2. The number of nitrogens with one attached hydrogen (secondary N) is 1. The van der Waals surface area contributed by atoms with Gasteiger partial charge in [-0.3, -0.25) is 4.79 Å². The summed E-state index contributed by atoms with van der Waals surface area (Å²) in [5.74, 6) is -0.272. The zero-order valence-electron chi connectivity index (χ0n) is 5.05. The molecule has 0 aromatic heterocycles. The highest BCUT2D eigenvalue weighted by Crippen LogP contribution is 1.70. The van der Waals surface area contributed by atoms with E-state index in [9.17, 15) is 9.59 Å². The lowest BCUT2D eigenvalue weighted by Crippen LogP contribution is -2.14. The van der Waals surface area contributed by atoms with Crippen molar-refractivity contribution in [3.8, 4) is 0 Å². The number of likely N-dealkylation sites (N-methyl/N-ethyl adjacent to an activating group) is 1. The molecule has 0 heterocycles. The first-order chi connectivity index (χ1) is 4.16. The lowest BCUT2D eigenvalue weighted by molar-refractivity contribution is -0.116. The molecule has 0 fully saturated rings. The monoisotopic (exact) mass is 139 g/mol. The van der Waals surface area contributed by atoms with Crippen LogP contribution in [0.3, 0.4) is 0 Å². The van der Waals surface area contributed by atoms with Gasteiger partial charge in [-0.15, -0.1) is 0 Å². The van der Waals surface area contributed by atoms with Crippen molar-refractivity contribution in [1.29, 1.82) is 0 Å². The van der Waals surface area contributed by atoms with Gasteiger partial charge in [-0.1, -0.05) is 0 Å². The second kappa shape index (κ2) is 4.31. The SMILES string of the molecule is CNC(=O)/C=C/[C](=O)[Al]. The molecule has 1 amide bonds. The first-order valence-electron chi connectivity index (χ1n) is 2.36. The van der Waals surface area contributed by atoms with Crippen LogP contribution in [-0.4, -0.2) is 33.9 Å². The molecule has 46 valence electrons. The summed E-state index contributed by atoms with van der Waals surface area (Å²) in [6.07, 6.45) is 2.36. The maximum absolute atomic E-state index is 10.4. The van der Waals surface area contributed by atoms with Crippen LogP contribution in [0.2, 0.25) is 0 Å². The first kappa shape index (κ1) is 8.41. The van der Waals surface area contributed by atoms with Crippen LogP contribution in [0, 0.1) is 0 Å². The number of hydrogen-bond acceptors (Lipinski definition) is 2. The van der Waals surface area contributed by atoms with Gasteiger partial charge in [0.15, 0.2) is 0 Å². The summed E-state index contributed by atoms with van der Waals surface area (Å²) in [6.45, 7) is 0. The third-order valence-corrected chi connectivity index (χ3v) is 0.838. The Labute approximate surface area is 61.5 Å². The first-order valence-corrected chi connectivity index (χ1v) is 2.93. The summed E-state index contributed by atoms with van der Waals surface area (Å²) in [5, 5.41) is 2.33. The molecular weight excluding hydrogens is 133 g/mol. The van der Waals surface area contributed by atoms with Gasteiger partial charge in [0, 0.05) is 17.8 Å². The van der Waals surface area contributed by atoms with Crippen LogP contribution < -0.4 is 5.32 Å². The Morgan fingerprint density at radius 1 is 1.44 bits per heavy atom. The van der Waals surface area contributed by atoms with Gasteiger partial charge in [-0.05, 0) is 6.08 Å². The number of amides is 1. The molecule has 2 radical (unpaired) electrons. The van der Waals surface area contributed by atoms with Gasteiger partial charge in [0.2, 0.25) is 22.2 Å². The molecule has 0 aliphatic carbocycles. The Balaban J connectivity index is 3.71. The van der Waals surface area contributed by atoms with E-state index in [1.54, 1.807) is 0 Å². The fourth-order valence-corrected chi connectivity index (χ4v) is 0.337. The summed E-state index contributed by atoms with van der Waals surface area (Å²) in [4.78, 5) is 20.5. The average Bonchev–Trinajstić information content (AvgIpc) is 1.83. The Morgan fingerprint density at radius 3 is 2.33 bits per heavy atom. The normalized spacial score (nSPS) is 9.44. The van der Waals surface area contributed by atoms with Gasteiger partial charge < -0.3 is 10.1 Å². The number of hydrogen-bond donors (Lipinski definition) is 1. The molecule has 0 rings (SSSR count). The molecule has 1 N–H and O–H groups in total. The highest BCUT2D eigenvalue weighted by atomic mass is 27.0. The average molecular weight is 139 g/mol. The molecule has 0 atom stereocenters. The number of rotatable bonds is 2. The zero-order valence-corrected chi connectivity index (χ0v) is 6.20. The van der Waals surface area contributed by atoms with Crippen molar-refractivity contribution in [3.63, 3.8) is 0 Å². The van der Waals surface area contributed by atoms with Crippen molar-refractivity contribution >= 4 is 26.8 Å². The summed E-state index contributed by atoms with van der Waals surface area (Å²) < 4.78 is -0.210. The van der Waals surface area contributed by atoms with Crippen LogP contribution in [0.5, 0.6) is 0 Å². The molecule has 0 saturated heterocycles. The lowest BCUT2D eigenvalue weighted by atomic mass is 10.5. The van der Waals surface area contributed by atoms with Crippen molar-refractivity contribution in [2.24, 2.45) is 0 Å². The quantitative estimate of drug-likeness (QED) is 0.393. The van der Waals surface area contributed by atoms with E-state index < -0.39 is 0 Å². The molecule has 3 nitrogen and oxygen atoms in total. The van der Waals surface area contributed by atoms with Crippen molar-refractivity contribution in [2.75, 3.05) is 7.05 Å². The minimum absolute atomic E-state index is 0.210. The van der Waals surface area contributed by atoms with Crippen LogP contribution in [0.1, 0.15) is 0 Å². The van der Waals surface area contributed by atoms with E-state index in [1.807, 2.05) is 16.3 Å². The van der Waals surface area contributed by atoms with Crippen LogP contribution in [0.25, 0.3) is 0 Å². The lowest BCUT2D eigenvalue weighted by Gasteiger charge is -1.86. The van der Waals surface area contributed by atoms with Crippen molar-refractivity contribution < 1.29 is 9.59 Å². The third kappa shape index (κ3) is 5.28. The van der Waals surface area contributed by atoms with Crippen LogP contribution in [0.15, 0.2) is 12.2 Å². The Hall–Kier alpha value is -0.588. The molecule has 0 aliphatic heterocycles. The van der Waals surface area contributed by atoms with E-state index in [-0.39, 0.29) is 10.6 Å². The molecule has 0 spiro atoms. The standard InChI is InChI=1S/C5H6NO2.Al/c1-6-5(8)3-2-4-7;/h2-3H,1H3,(H,6,8);/b3-2+;. The summed E-state index contributed by atoms with van der Waals surface area (Å²) >= 11 is 1.94. The smallest absolute Gasteiger partial charge is 0.249 e. The van der Waals surface area contributed by atoms with Gasteiger partial charge in [0.05, 0.1) is 0 Å². The van der Waals surface area contributed by atoms with E-state index in [1.165, 1.54) is 19.2 Å². The molecule has 0 aromatic rings. The molecule has 0 unspecified atom stereocenters. The topological polar surface area (TPSA) is 46.2 Å². The molecule has 0 aliphatic rings. The van der Waals surface area contributed by atoms with E-state index in [0.29, 0.717) is 0 Å². The molecular formula is C5H6AlNO2. The van der Waals surface area contributed by atoms with E-state index in [0.717, 1.165) is 0 Å². The fourth-order valence-electron chi connectivity index (χ4n) is 0.241. The van der Waals surface area contributed by atoms with Gasteiger partial charge in [0.25, 0.3) is 0 Å². The summed E-state index contributed by atoms with van der Waals surface area (Å²) in [6, 6.07) is 0. The second-order valence-corrected chi connectivity index (χ2v) is 1.92. The van der Waals surface area contributed by atoms with Crippen LogP contribution >= 0.6 is 0 Å². The molecule has 0 bridgehead atoms. The highest BCUT2D eigenvalue weighted by Gasteiger charge is 1.86. The molecule has 0 saturated carbocycles. The predicted octanol–water partition coefficient (Wildman–Crippen LogP) is -1.02. The zero-order chi connectivity index (χ0) is 7.28. The maximum Gasteiger partial charge on any atom is 0.249 e. The Bertz CT molecular complexity index is 153. The van der Waals surface area contributed by atoms with E-state index in [4.69, 9.17) is 0 Å². The van der Waals surface area contributed by atoms with Crippen molar-refractivity contribution in [2.45, 2.75) is 0 Å². The Kier molecular flexibility index (Phi) is 4.03.